The van der Waals surface area contributed by atoms with Crippen LogP contribution in [0.4, 0.5) is 5.69 Å². The highest BCUT2D eigenvalue weighted by molar-refractivity contribution is 7.89. The molecule has 0 radical (unpaired) electrons. The summed E-state index contributed by atoms with van der Waals surface area (Å²) >= 11 is 0. The highest BCUT2D eigenvalue weighted by atomic mass is 32.2. The summed E-state index contributed by atoms with van der Waals surface area (Å²) < 4.78 is 30.0. The monoisotopic (exact) mass is 480 g/mol. The van der Waals surface area contributed by atoms with Gasteiger partial charge in [-0.3, -0.25) is 0 Å². The summed E-state index contributed by atoms with van der Waals surface area (Å²) in [6.07, 6.45) is 0.723. The molecule has 1 fully saturated rings. The number of sulfonamides is 1. The molecule has 6 rings (SSSR count). The SMILES string of the molecule is Cc1ccc(S(=O)(=O)N2CCC3(c4ccccc4NC3c3ccccc3)C2c2ccccc2)cc1. The Morgan fingerprint density at radius 3 is 2.06 bits per heavy atom. The minimum absolute atomic E-state index is 0.0514. The van der Waals surface area contributed by atoms with Gasteiger partial charge in [0.2, 0.25) is 10.0 Å². The van der Waals surface area contributed by atoms with Crippen LogP contribution < -0.4 is 5.32 Å². The second kappa shape index (κ2) is 8.36. The van der Waals surface area contributed by atoms with Crippen molar-refractivity contribution in [1.82, 2.24) is 4.31 Å². The Bertz CT molecular complexity index is 1450. The zero-order chi connectivity index (χ0) is 24.0. The summed E-state index contributed by atoms with van der Waals surface area (Å²) in [4.78, 5) is 0.344. The van der Waals surface area contributed by atoms with E-state index in [1.807, 2.05) is 49.4 Å². The van der Waals surface area contributed by atoms with E-state index in [-0.39, 0.29) is 12.1 Å². The van der Waals surface area contributed by atoms with Gasteiger partial charge in [-0.25, -0.2) is 8.42 Å². The largest absolute Gasteiger partial charge is 0.377 e. The van der Waals surface area contributed by atoms with E-state index in [1.54, 1.807) is 16.4 Å². The molecule has 4 nitrogen and oxygen atoms in total. The average Bonchev–Trinajstić information content (AvgIpc) is 3.46. The third-order valence-corrected chi connectivity index (χ3v) is 9.52. The van der Waals surface area contributed by atoms with E-state index in [0.29, 0.717) is 11.4 Å². The van der Waals surface area contributed by atoms with Crippen LogP contribution in [0, 0.1) is 6.92 Å². The zero-order valence-electron chi connectivity index (χ0n) is 19.6. The highest BCUT2D eigenvalue weighted by Gasteiger charge is 2.60. The van der Waals surface area contributed by atoms with Gasteiger partial charge in [-0.15, -0.1) is 0 Å². The maximum Gasteiger partial charge on any atom is 0.243 e. The van der Waals surface area contributed by atoms with Crippen molar-refractivity contribution < 1.29 is 8.42 Å². The molecule has 0 amide bonds. The van der Waals surface area contributed by atoms with E-state index in [4.69, 9.17) is 0 Å². The van der Waals surface area contributed by atoms with Crippen LogP contribution in [0.2, 0.25) is 0 Å². The smallest absolute Gasteiger partial charge is 0.243 e. The van der Waals surface area contributed by atoms with Crippen LogP contribution in [0.25, 0.3) is 0 Å². The molecule has 2 aliphatic rings. The molecule has 0 aromatic heterocycles. The lowest BCUT2D eigenvalue weighted by Gasteiger charge is -2.40. The van der Waals surface area contributed by atoms with Crippen LogP contribution in [0.3, 0.4) is 0 Å². The molecule has 0 aliphatic carbocycles. The van der Waals surface area contributed by atoms with Gasteiger partial charge in [-0.2, -0.15) is 4.31 Å². The molecular formula is C30H28N2O2S. The molecule has 1 spiro atoms. The molecule has 0 bridgehead atoms. The van der Waals surface area contributed by atoms with Crippen LogP contribution in [0.15, 0.2) is 114 Å². The summed E-state index contributed by atoms with van der Waals surface area (Å²) in [5.74, 6) is 0. The molecule has 4 aromatic carbocycles. The first-order valence-electron chi connectivity index (χ1n) is 12.1. The van der Waals surface area contributed by atoms with Crippen molar-refractivity contribution in [3.63, 3.8) is 0 Å². The normalized spacial score (nSPS) is 23.8. The second-order valence-electron chi connectivity index (χ2n) is 9.57. The maximum absolute atomic E-state index is 14.1. The summed E-state index contributed by atoms with van der Waals surface area (Å²) in [7, 11) is -3.72. The summed E-state index contributed by atoms with van der Waals surface area (Å²) in [6, 6.07) is 35.7. The Morgan fingerprint density at radius 2 is 1.37 bits per heavy atom. The van der Waals surface area contributed by atoms with Crippen molar-refractivity contribution in [1.29, 1.82) is 0 Å². The molecule has 35 heavy (non-hydrogen) atoms. The van der Waals surface area contributed by atoms with E-state index in [0.717, 1.165) is 23.2 Å². The van der Waals surface area contributed by atoms with Crippen molar-refractivity contribution in [2.75, 3.05) is 11.9 Å². The van der Waals surface area contributed by atoms with Crippen molar-refractivity contribution in [2.24, 2.45) is 0 Å². The first-order valence-corrected chi connectivity index (χ1v) is 13.5. The molecular weight excluding hydrogens is 452 g/mol. The molecule has 1 N–H and O–H groups in total. The van der Waals surface area contributed by atoms with Gasteiger partial charge < -0.3 is 5.32 Å². The fourth-order valence-corrected chi connectivity index (χ4v) is 7.76. The Kier molecular flexibility index (Phi) is 5.28. The second-order valence-corrected chi connectivity index (χ2v) is 11.5. The van der Waals surface area contributed by atoms with Crippen molar-refractivity contribution in [3.05, 3.63) is 131 Å². The predicted molar refractivity (Wildman–Crippen MR) is 140 cm³/mol. The molecule has 176 valence electrons. The topological polar surface area (TPSA) is 49.4 Å². The lowest BCUT2D eigenvalue weighted by atomic mass is 9.67. The minimum Gasteiger partial charge on any atom is -0.377 e. The number of rotatable bonds is 4. The summed E-state index contributed by atoms with van der Waals surface area (Å²) in [5.41, 5.74) is 5.04. The predicted octanol–water partition coefficient (Wildman–Crippen LogP) is 6.24. The average molecular weight is 481 g/mol. The molecule has 3 unspecified atom stereocenters. The van der Waals surface area contributed by atoms with E-state index in [1.165, 1.54) is 11.1 Å². The third kappa shape index (κ3) is 3.41. The number of nitrogens with zero attached hydrogens (tertiary/aromatic N) is 1. The Hall–Kier alpha value is -3.41. The van der Waals surface area contributed by atoms with Gasteiger partial charge >= 0.3 is 0 Å². The van der Waals surface area contributed by atoms with Crippen LogP contribution in [0.1, 0.15) is 40.8 Å². The van der Waals surface area contributed by atoms with E-state index in [2.05, 4.69) is 59.9 Å². The molecule has 4 aromatic rings. The fourth-order valence-electron chi connectivity index (χ4n) is 6.09. The quantitative estimate of drug-likeness (QED) is 0.376. The maximum atomic E-state index is 14.1. The Morgan fingerprint density at radius 1 is 0.771 bits per heavy atom. The number of nitrogens with one attached hydrogen (secondary N) is 1. The molecule has 5 heteroatoms. The van der Waals surface area contributed by atoms with Gasteiger partial charge in [0.15, 0.2) is 0 Å². The molecule has 3 atom stereocenters. The fraction of sp³-hybridized carbons (Fsp3) is 0.200. The number of hydrogen-bond acceptors (Lipinski definition) is 3. The van der Waals surface area contributed by atoms with Gasteiger partial charge in [0.25, 0.3) is 0 Å². The number of hydrogen-bond donors (Lipinski definition) is 1. The third-order valence-electron chi connectivity index (χ3n) is 7.64. The first kappa shape index (κ1) is 22.1. The van der Waals surface area contributed by atoms with Crippen LogP contribution >= 0.6 is 0 Å². The molecule has 2 aliphatic heterocycles. The number of anilines is 1. The van der Waals surface area contributed by atoms with E-state index < -0.39 is 15.4 Å². The lowest BCUT2D eigenvalue weighted by Crippen LogP contribution is -2.41. The van der Waals surface area contributed by atoms with Gasteiger partial charge in [0.05, 0.1) is 17.0 Å². The number of benzene rings is 4. The number of aryl methyl sites for hydroxylation is 1. The van der Waals surface area contributed by atoms with Gasteiger partial charge in [-0.05, 0) is 48.2 Å². The molecule has 0 saturated carbocycles. The molecule has 2 heterocycles. The first-order chi connectivity index (χ1) is 17.0. The van der Waals surface area contributed by atoms with Crippen LogP contribution in [-0.2, 0) is 15.4 Å². The van der Waals surface area contributed by atoms with Crippen LogP contribution in [-0.4, -0.2) is 19.3 Å². The highest BCUT2D eigenvalue weighted by Crippen LogP contribution is 2.62. The van der Waals surface area contributed by atoms with E-state index >= 15 is 0 Å². The minimum atomic E-state index is -3.72. The van der Waals surface area contributed by atoms with Crippen molar-refractivity contribution in [2.45, 2.75) is 35.7 Å². The summed E-state index contributed by atoms with van der Waals surface area (Å²) in [6.45, 7) is 2.43. The standard InChI is InChI=1S/C30H28N2O2S/c1-22-16-18-25(19-17-22)35(33,34)32-21-20-30(29(32)24-12-6-3-7-13-24)26-14-8-9-15-27(26)31-28(30)23-10-4-2-5-11-23/h2-19,28-29,31H,20-21H2,1H3. The van der Waals surface area contributed by atoms with Gasteiger partial charge in [0.1, 0.15) is 0 Å². The van der Waals surface area contributed by atoms with Crippen molar-refractivity contribution >= 4 is 15.7 Å². The van der Waals surface area contributed by atoms with Crippen molar-refractivity contribution in [3.8, 4) is 0 Å². The van der Waals surface area contributed by atoms with Gasteiger partial charge in [-0.1, -0.05) is 96.6 Å². The lowest BCUT2D eigenvalue weighted by molar-refractivity contribution is 0.281. The Balaban J connectivity index is 1.58. The summed E-state index contributed by atoms with van der Waals surface area (Å²) in [5, 5.41) is 3.78. The zero-order valence-corrected chi connectivity index (χ0v) is 20.4. The number of fused-ring (bicyclic) bond motifs is 2. The van der Waals surface area contributed by atoms with Gasteiger partial charge in [0, 0.05) is 17.6 Å². The Labute approximate surface area is 207 Å². The van der Waals surface area contributed by atoms with E-state index in [9.17, 15) is 8.42 Å². The number of para-hydroxylation sites is 1. The molecule has 1 saturated heterocycles. The van der Waals surface area contributed by atoms with Crippen LogP contribution in [0.5, 0.6) is 0 Å².